The SMILES string of the molecule is CC(Nc1nc(C#N)nc2c1ccn2[C@@H]1O[C@H](COOP(C)(=O)O)[C@@H](O)[C@H]1O)c1ccc(C#N)cc1. The molecule has 4 N–H and O–H groups in total. The third-order valence-corrected chi connectivity index (χ3v) is 5.98. The van der Waals surface area contributed by atoms with E-state index in [4.69, 9.17) is 19.8 Å². The highest BCUT2D eigenvalue weighted by molar-refractivity contribution is 7.51. The Balaban J connectivity index is 1.60. The van der Waals surface area contributed by atoms with Crippen molar-refractivity contribution in [2.45, 2.75) is 37.5 Å². The number of benzene rings is 1. The standard InChI is InChI=1S/C22H23N6O7P/c1-12(14-5-3-13(9-23)4-6-14)25-20-15-7-8-28(21(15)27-17(10-24)26-20)22-19(30)18(29)16(34-22)11-33-35-36(2,31)32/h3-8,12,16,18-19,22,29-30H,11H2,1-2H3,(H,31,32)(H,25,26,27)/t12?,16-,18-,19-,22-/m1/s1. The average molecular weight is 514 g/mol. The fourth-order valence-corrected chi connectivity index (χ4v) is 4.08. The molecule has 1 aromatic carbocycles. The molecule has 0 saturated carbocycles. The first-order valence-corrected chi connectivity index (χ1v) is 12.8. The number of aliphatic hydroxyl groups excluding tert-OH is 2. The molecule has 13 nitrogen and oxygen atoms in total. The summed E-state index contributed by atoms with van der Waals surface area (Å²) < 4.78 is 22.8. The summed E-state index contributed by atoms with van der Waals surface area (Å²) >= 11 is 0. The van der Waals surface area contributed by atoms with Crippen molar-refractivity contribution in [3.63, 3.8) is 0 Å². The third-order valence-electron chi connectivity index (χ3n) is 5.60. The van der Waals surface area contributed by atoms with E-state index in [-0.39, 0.29) is 17.5 Å². The maximum absolute atomic E-state index is 11.2. The van der Waals surface area contributed by atoms with Crippen molar-refractivity contribution in [2.75, 3.05) is 18.6 Å². The molecule has 0 amide bonds. The number of nitrogens with one attached hydrogen (secondary N) is 1. The number of aromatic nitrogens is 3. The first kappa shape index (κ1) is 25.7. The highest BCUT2D eigenvalue weighted by Gasteiger charge is 2.44. The van der Waals surface area contributed by atoms with Crippen LogP contribution in [0.1, 0.15) is 36.1 Å². The summed E-state index contributed by atoms with van der Waals surface area (Å²) in [5.41, 5.74) is 1.70. The number of rotatable bonds is 8. The Morgan fingerprint density at radius 3 is 2.56 bits per heavy atom. The zero-order valence-corrected chi connectivity index (χ0v) is 20.1. The van der Waals surface area contributed by atoms with Gasteiger partial charge < -0.3 is 29.7 Å². The van der Waals surface area contributed by atoms with Gasteiger partial charge in [0.15, 0.2) is 6.23 Å². The largest absolute Gasteiger partial charge is 0.387 e. The van der Waals surface area contributed by atoms with Gasteiger partial charge in [0.2, 0.25) is 5.82 Å². The van der Waals surface area contributed by atoms with Crippen LogP contribution in [0.5, 0.6) is 0 Å². The van der Waals surface area contributed by atoms with Crippen LogP contribution in [0.15, 0.2) is 36.5 Å². The highest BCUT2D eigenvalue weighted by Crippen LogP contribution is 2.38. The first-order valence-electron chi connectivity index (χ1n) is 10.8. The first-order chi connectivity index (χ1) is 17.1. The summed E-state index contributed by atoms with van der Waals surface area (Å²) in [4.78, 5) is 22.4. The van der Waals surface area contributed by atoms with E-state index in [2.05, 4.69) is 26.0 Å². The molecule has 0 radical (unpaired) electrons. The molecule has 0 spiro atoms. The lowest BCUT2D eigenvalue weighted by atomic mass is 10.1. The molecule has 1 aliphatic rings. The van der Waals surface area contributed by atoms with Crippen molar-refractivity contribution >= 4 is 24.4 Å². The Bertz CT molecular complexity index is 1380. The molecule has 2 aromatic heterocycles. The van der Waals surface area contributed by atoms with Crippen molar-refractivity contribution in [3.05, 3.63) is 53.5 Å². The van der Waals surface area contributed by atoms with Crippen LogP contribution in [0.4, 0.5) is 5.82 Å². The van der Waals surface area contributed by atoms with Gasteiger partial charge in [-0.15, -0.1) is 4.67 Å². The molecule has 3 aromatic rings. The lowest BCUT2D eigenvalue weighted by Crippen LogP contribution is -2.33. The number of fused-ring (bicyclic) bond motifs is 1. The van der Waals surface area contributed by atoms with Gasteiger partial charge >= 0.3 is 7.60 Å². The lowest BCUT2D eigenvalue weighted by molar-refractivity contribution is -0.238. The smallest absolute Gasteiger partial charge is 0.352 e. The fourth-order valence-electron chi connectivity index (χ4n) is 3.83. The van der Waals surface area contributed by atoms with E-state index in [0.29, 0.717) is 16.8 Å². The van der Waals surface area contributed by atoms with Gasteiger partial charge in [-0.1, -0.05) is 12.1 Å². The molecule has 0 bridgehead atoms. The van der Waals surface area contributed by atoms with Gasteiger partial charge in [0.1, 0.15) is 42.5 Å². The molecule has 4 rings (SSSR count). The molecule has 1 aliphatic heterocycles. The molecule has 14 heteroatoms. The Kier molecular flexibility index (Phi) is 7.36. The topological polar surface area (TPSA) is 196 Å². The second-order valence-corrected chi connectivity index (χ2v) is 10.0. The van der Waals surface area contributed by atoms with Gasteiger partial charge in [-0.05, 0) is 30.7 Å². The number of ether oxygens (including phenoxy) is 1. The summed E-state index contributed by atoms with van der Waals surface area (Å²) in [6, 6.07) is 12.5. The maximum Gasteiger partial charge on any atom is 0.352 e. The van der Waals surface area contributed by atoms with Crippen LogP contribution in [0, 0.1) is 22.7 Å². The number of nitrogens with zero attached hydrogens (tertiary/aromatic N) is 5. The molecule has 36 heavy (non-hydrogen) atoms. The monoisotopic (exact) mass is 514 g/mol. The summed E-state index contributed by atoms with van der Waals surface area (Å²) in [5.74, 6) is 0.245. The molecule has 1 fully saturated rings. The van der Waals surface area contributed by atoms with E-state index in [1.54, 1.807) is 24.4 Å². The molecule has 0 aliphatic carbocycles. The summed E-state index contributed by atoms with van der Waals surface area (Å²) in [6.07, 6.45) is -3.38. The van der Waals surface area contributed by atoms with E-state index in [9.17, 15) is 20.0 Å². The minimum atomic E-state index is -3.90. The predicted octanol–water partition coefficient (Wildman–Crippen LogP) is 1.73. The second-order valence-electron chi connectivity index (χ2n) is 8.28. The molecular weight excluding hydrogens is 491 g/mol. The number of anilines is 1. The minimum Gasteiger partial charge on any atom is -0.387 e. The van der Waals surface area contributed by atoms with Crippen LogP contribution in [0.25, 0.3) is 11.0 Å². The summed E-state index contributed by atoms with van der Waals surface area (Å²) in [6.45, 7) is 2.41. The molecular formula is C22H23N6O7P. The van der Waals surface area contributed by atoms with Crippen LogP contribution >= 0.6 is 7.60 Å². The van der Waals surface area contributed by atoms with Crippen molar-refractivity contribution < 1.29 is 34.0 Å². The van der Waals surface area contributed by atoms with E-state index < -0.39 is 38.7 Å². The Hall–Kier alpha value is -3.39. The number of nitriles is 2. The fraction of sp³-hybridized carbons (Fsp3) is 0.364. The Labute approximate surface area is 205 Å². The molecule has 6 atom stereocenters. The third kappa shape index (κ3) is 5.38. The van der Waals surface area contributed by atoms with Crippen LogP contribution in [0.3, 0.4) is 0 Å². The quantitative estimate of drug-likeness (QED) is 0.193. The number of aliphatic hydroxyl groups is 2. The van der Waals surface area contributed by atoms with Crippen LogP contribution in [-0.2, 0) is 18.9 Å². The molecule has 2 unspecified atom stereocenters. The summed E-state index contributed by atoms with van der Waals surface area (Å²) in [7, 11) is -3.90. The minimum absolute atomic E-state index is 0.125. The second kappa shape index (κ2) is 10.3. The van der Waals surface area contributed by atoms with Crippen molar-refractivity contribution in [1.82, 2.24) is 14.5 Å². The van der Waals surface area contributed by atoms with E-state index in [1.165, 1.54) is 4.57 Å². The zero-order valence-electron chi connectivity index (χ0n) is 19.2. The Morgan fingerprint density at radius 1 is 1.19 bits per heavy atom. The van der Waals surface area contributed by atoms with E-state index in [1.807, 2.05) is 25.1 Å². The number of hydrogen-bond acceptors (Lipinski definition) is 11. The van der Waals surface area contributed by atoms with Crippen LogP contribution in [-0.4, -0.2) is 61.2 Å². The average Bonchev–Trinajstić information content (AvgIpc) is 3.39. The Morgan fingerprint density at radius 2 is 1.92 bits per heavy atom. The van der Waals surface area contributed by atoms with Gasteiger partial charge in [-0.2, -0.15) is 10.5 Å². The van der Waals surface area contributed by atoms with E-state index in [0.717, 1.165) is 12.2 Å². The van der Waals surface area contributed by atoms with Crippen LogP contribution < -0.4 is 5.32 Å². The van der Waals surface area contributed by atoms with Crippen molar-refractivity contribution in [1.29, 1.82) is 10.5 Å². The van der Waals surface area contributed by atoms with Crippen LogP contribution in [0.2, 0.25) is 0 Å². The van der Waals surface area contributed by atoms with Crippen molar-refractivity contribution in [3.8, 4) is 12.1 Å². The highest BCUT2D eigenvalue weighted by atomic mass is 31.2. The predicted molar refractivity (Wildman–Crippen MR) is 124 cm³/mol. The summed E-state index contributed by atoms with van der Waals surface area (Å²) in [5, 5.41) is 43.3. The number of hydrogen-bond donors (Lipinski definition) is 4. The van der Waals surface area contributed by atoms with Gasteiger partial charge in [0.25, 0.3) is 0 Å². The van der Waals surface area contributed by atoms with Gasteiger partial charge in [-0.25, -0.2) is 14.9 Å². The van der Waals surface area contributed by atoms with E-state index >= 15 is 0 Å². The zero-order chi connectivity index (χ0) is 26.0. The molecule has 188 valence electrons. The van der Waals surface area contributed by atoms with Gasteiger partial charge in [0, 0.05) is 18.9 Å². The normalized spacial score (nSPS) is 24.1. The lowest BCUT2D eigenvalue weighted by Gasteiger charge is -2.19. The van der Waals surface area contributed by atoms with Crippen molar-refractivity contribution in [2.24, 2.45) is 0 Å². The molecule has 3 heterocycles. The van der Waals surface area contributed by atoms with Gasteiger partial charge in [-0.3, -0.25) is 4.57 Å². The van der Waals surface area contributed by atoms with Gasteiger partial charge in [0.05, 0.1) is 17.0 Å². The maximum atomic E-state index is 11.2. The molecule has 1 saturated heterocycles.